The lowest BCUT2D eigenvalue weighted by Gasteiger charge is -2.30. The molecule has 0 atom stereocenters. The van der Waals surface area contributed by atoms with Gasteiger partial charge in [-0.2, -0.15) is 4.31 Å². The highest BCUT2D eigenvalue weighted by molar-refractivity contribution is 7.89. The van der Waals surface area contributed by atoms with Crippen molar-refractivity contribution in [1.29, 1.82) is 0 Å². The molecule has 1 aliphatic rings. The number of aliphatic hydroxyl groups is 1. The topological polar surface area (TPSA) is 76.1 Å². The van der Waals surface area contributed by atoms with E-state index < -0.39 is 10.0 Å². The maximum Gasteiger partial charge on any atom is 0.243 e. The van der Waals surface area contributed by atoms with Crippen molar-refractivity contribution < 1.29 is 23.0 Å². The van der Waals surface area contributed by atoms with E-state index in [2.05, 4.69) is 0 Å². The third kappa shape index (κ3) is 3.94. The Balaban J connectivity index is 2.05. The lowest BCUT2D eigenvalue weighted by atomic mass is 10.1. The van der Waals surface area contributed by atoms with Gasteiger partial charge in [0.15, 0.2) is 0 Å². The molecule has 2 rings (SSSR count). The van der Waals surface area contributed by atoms with Crippen molar-refractivity contribution in [2.75, 3.05) is 33.4 Å². The molecule has 1 fully saturated rings. The summed E-state index contributed by atoms with van der Waals surface area (Å²) < 4.78 is 37.0. The van der Waals surface area contributed by atoms with Gasteiger partial charge < -0.3 is 14.6 Å². The van der Waals surface area contributed by atoms with E-state index in [0.29, 0.717) is 31.7 Å². The van der Waals surface area contributed by atoms with Crippen LogP contribution in [0.5, 0.6) is 5.75 Å². The second-order valence-electron chi connectivity index (χ2n) is 4.88. The van der Waals surface area contributed by atoms with Crippen LogP contribution >= 0.6 is 0 Å². The van der Waals surface area contributed by atoms with Gasteiger partial charge in [0.25, 0.3) is 0 Å². The smallest absolute Gasteiger partial charge is 0.243 e. The SMILES string of the molecule is COC1CCN(S(=O)(=O)c2ccc(OCCO)cc2)CC1. The Hall–Kier alpha value is -1.15. The first-order valence-electron chi connectivity index (χ1n) is 6.94. The van der Waals surface area contributed by atoms with Gasteiger partial charge in [0.1, 0.15) is 12.4 Å². The summed E-state index contributed by atoms with van der Waals surface area (Å²) in [7, 11) is -1.81. The van der Waals surface area contributed by atoms with Crippen molar-refractivity contribution in [3.63, 3.8) is 0 Å². The summed E-state index contributed by atoms with van der Waals surface area (Å²) >= 11 is 0. The molecule has 1 aromatic rings. The molecule has 118 valence electrons. The fourth-order valence-electron chi connectivity index (χ4n) is 2.33. The minimum atomic E-state index is -3.46. The number of piperidine rings is 1. The standard InChI is InChI=1S/C14H21NO5S/c1-19-12-6-8-15(9-7-12)21(17,18)14-4-2-13(3-5-14)20-11-10-16/h2-5,12,16H,6-11H2,1H3. The molecule has 1 heterocycles. The number of methoxy groups -OCH3 is 1. The molecule has 0 aliphatic carbocycles. The van der Waals surface area contributed by atoms with Crippen LogP contribution in [0.25, 0.3) is 0 Å². The van der Waals surface area contributed by atoms with Crippen LogP contribution in [0.1, 0.15) is 12.8 Å². The zero-order valence-electron chi connectivity index (χ0n) is 12.1. The predicted molar refractivity (Wildman–Crippen MR) is 77.8 cm³/mol. The molecule has 21 heavy (non-hydrogen) atoms. The highest BCUT2D eigenvalue weighted by Gasteiger charge is 2.29. The number of nitrogens with zero attached hydrogens (tertiary/aromatic N) is 1. The van der Waals surface area contributed by atoms with Gasteiger partial charge in [0.2, 0.25) is 10.0 Å². The van der Waals surface area contributed by atoms with E-state index in [1.807, 2.05) is 0 Å². The van der Waals surface area contributed by atoms with E-state index in [0.717, 1.165) is 0 Å². The molecule has 0 spiro atoms. The van der Waals surface area contributed by atoms with E-state index >= 15 is 0 Å². The first kappa shape index (κ1) is 16.2. The Morgan fingerprint density at radius 1 is 1.24 bits per heavy atom. The van der Waals surface area contributed by atoms with Gasteiger partial charge in [0, 0.05) is 20.2 Å². The molecule has 1 aliphatic heterocycles. The molecule has 1 saturated heterocycles. The van der Waals surface area contributed by atoms with E-state index in [1.165, 1.54) is 16.4 Å². The van der Waals surface area contributed by atoms with E-state index in [9.17, 15) is 8.42 Å². The number of rotatable bonds is 6. The van der Waals surface area contributed by atoms with Crippen molar-refractivity contribution in [3.8, 4) is 5.75 Å². The molecule has 6 nitrogen and oxygen atoms in total. The maximum absolute atomic E-state index is 12.5. The lowest BCUT2D eigenvalue weighted by Crippen LogP contribution is -2.40. The second kappa shape index (κ2) is 7.22. The van der Waals surface area contributed by atoms with Crippen LogP contribution < -0.4 is 4.74 Å². The quantitative estimate of drug-likeness (QED) is 0.842. The normalized spacial score (nSPS) is 17.8. The summed E-state index contributed by atoms with van der Waals surface area (Å²) in [6, 6.07) is 6.27. The van der Waals surface area contributed by atoms with Crippen molar-refractivity contribution >= 4 is 10.0 Å². The van der Waals surface area contributed by atoms with Crippen LogP contribution in [-0.2, 0) is 14.8 Å². The van der Waals surface area contributed by atoms with Crippen molar-refractivity contribution in [2.24, 2.45) is 0 Å². The number of sulfonamides is 1. The first-order chi connectivity index (χ1) is 10.1. The molecular formula is C14H21NO5S. The number of benzene rings is 1. The Labute approximate surface area is 125 Å². The van der Waals surface area contributed by atoms with Gasteiger partial charge in [-0.1, -0.05) is 0 Å². The van der Waals surface area contributed by atoms with Crippen LogP contribution in [0.3, 0.4) is 0 Å². The molecule has 1 N–H and O–H groups in total. The zero-order chi connectivity index (χ0) is 15.3. The maximum atomic E-state index is 12.5. The molecule has 0 bridgehead atoms. The highest BCUT2D eigenvalue weighted by atomic mass is 32.2. The average molecular weight is 315 g/mol. The first-order valence-corrected chi connectivity index (χ1v) is 8.38. The fraction of sp³-hybridized carbons (Fsp3) is 0.571. The Kier molecular flexibility index (Phi) is 5.58. The van der Waals surface area contributed by atoms with Crippen molar-refractivity contribution in [2.45, 2.75) is 23.8 Å². The van der Waals surface area contributed by atoms with Gasteiger partial charge in [0.05, 0.1) is 17.6 Å². The predicted octanol–water partition coefficient (Wildman–Crippen LogP) is 0.857. The van der Waals surface area contributed by atoms with Crippen molar-refractivity contribution in [1.82, 2.24) is 4.31 Å². The third-order valence-electron chi connectivity index (χ3n) is 3.56. The van der Waals surface area contributed by atoms with Crippen LogP contribution in [0, 0.1) is 0 Å². The summed E-state index contributed by atoms with van der Waals surface area (Å²) in [4.78, 5) is 0.259. The number of hydrogen-bond donors (Lipinski definition) is 1. The van der Waals surface area contributed by atoms with E-state index in [4.69, 9.17) is 14.6 Å². The van der Waals surface area contributed by atoms with Crippen LogP contribution in [-0.4, -0.2) is 57.3 Å². The van der Waals surface area contributed by atoms with E-state index in [-0.39, 0.29) is 24.2 Å². The lowest BCUT2D eigenvalue weighted by molar-refractivity contribution is 0.0604. The monoisotopic (exact) mass is 315 g/mol. The third-order valence-corrected chi connectivity index (χ3v) is 5.47. The van der Waals surface area contributed by atoms with Crippen LogP contribution in [0.2, 0.25) is 0 Å². The number of ether oxygens (including phenoxy) is 2. The van der Waals surface area contributed by atoms with Crippen molar-refractivity contribution in [3.05, 3.63) is 24.3 Å². The van der Waals surface area contributed by atoms with Gasteiger partial charge in [-0.05, 0) is 37.1 Å². The van der Waals surface area contributed by atoms with Crippen LogP contribution in [0.15, 0.2) is 29.2 Å². The minimum absolute atomic E-state index is 0.0749. The molecule has 0 aromatic heterocycles. The number of hydrogen-bond acceptors (Lipinski definition) is 5. The molecule has 0 radical (unpaired) electrons. The summed E-state index contributed by atoms with van der Waals surface area (Å²) in [5, 5.41) is 8.69. The zero-order valence-corrected chi connectivity index (χ0v) is 12.9. The summed E-state index contributed by atoms with van der Waals surface area (Å²) in [5.74, 6) is 0.543. The molecular weight excluding hydrogens is 294 g/mol. The second-order valence-corrected chi connectivity index (χ2v) is 6.82. The summed E-state index contributed by atoms with van der Waals surface area (Å²) in [5.41, 5.74) is 0. The molecule has 7 heteroatoms. The Morgan fingerprint density at radius 2 is 1.86 bits per heavy atom. The molecule has 1 aromatic carbocycles. The number of aliphatic hydroxyl groups excluding tert-OH is 1. The highest BCUT2D eigenvalue weighted by Crippen LogP contribution is 2.23. The van der Waals surface area contributed by atoms with Gasteiger partial charge in [-0.3, -0.25) is 0 Å². The van der Waals surface area contributed by atoms with Gasteiger partial charge >= 0.3 is 0 Å². The largest absolute Gasteiger partial charge is 0.491 e. The fourth-order valence-corrected chi connectivity index (χ4v) is 3.80. The van der Waals surface area contributed by atoms with Gasteiger partial charge in [-0.15, -0.1) is 0 Å². The molecule has 0 amide bonds. The average Bonchev–Trinajstić information content (AvgIpc) is 2.53. The Bertz CT molecular complexity index is 535. The molecule has 0 unspecified atom stereocenters. The van der Waals surface area contributed by atoms with Crippen LogP contribution in [0.4, 0.5) is 0 Å². The Morgan fingerprint density at radius 3 is 2.38 bits per heavy atom. The minimum Gasteiger partial charge on any atom is -0.491 e. The summed E-state index contributed by atoms with van der Waals surface area (Å²) in [6.07, 6.45) is 1.58. The van der Waals surface area contributed by atoms with Gasteiger partial charge in [-0.25, -0.2) is 8.42 Å². The van der Waals surface area contributed by atoms with E-state index in [1.54, 1.807) is 19.2 Å². The summed E-state index contributed by atoms with van der Waals surface area (Å²) in [6.45, 7) is 1.07. The molecule has 0 saturated carbocycles.